The van der Waals surface area contributed by atoms with Gasteiger partial charge in [0.25, 0.3) is 15.9 Å². The third kappa shape index (κ3) is 5.83. The Kier molecular flexibility index (Phi) is 7.67. The van der Waals surface area contributed by atoms with E-state index in [4.69, 9.17) is 0 Å². The first-order valence-electron chi connectivity index (χ1n) is 10.7. The SMILES string of the molecule is CCN(CCCN1CCCC1)C(=O)c1ccccc1NS(=O)(=O)c1ccc(F)cc1C. The van der Waals surface area contributed by atoms with Gasteiger partial charge < -0.3 is 9.80 Å². The van der Waals surface area contributed by atoms with Crippen molar-refractivity contribution < 1.29 is 17.6 Å². The number of carbonyl (C=O) groups excluding carboxylic acids is 1. The van der Waals surface area contributed by atoms with Crippen LogP contribution in [0.3, 0.4) is 0 Å². The highest BCUT2D eigenvalue weighted by Gasteiger charge is 2.23. The van der Waals surface area contributed by atoms with Crippen LogP contribution in [0.5, 0.6) is 0 Å². The summed E-state index contributed by atoms with van der Waals surface area (Å²) in [6, 6.07) is 10.1. The third-order valence-electron chi connectivity index (χ3n) is 5.60. The number of benzene rings is 2. The molecule has 0 unspecified atom stereocenters. The molecule has 31 heavy (non-hydrogen) atoms. The maximum atomic E-state index is 13.4. The van der Waals surface area contributed by atoms with Gasteiger partial charge in [-0.1, -0.05) is 12.1 Å². The molecule has 0 radical (unpaired) electrons. The van der Waals surface area contributed by atoms with E-state index in [1.54, 1.807) is 29.2 Å². The van der Waals surface area contributed by atoms with Crippen LogP contribution in [0, 0.1) is 12.7 Å². The minimum absolute atomic E-state index is 0.0193. The zero-order chi connectivity index (χ0) is 22.4. The van der Waals surface area contributed by atoms with Crippen LogP contribution in [-0.2, 0) is 10.0 Å². The fourth-order valence-corrected chi connectivity index (χ4v) is 5.25. The topological polar surface area (TPSA) is 69.7 Å². The van der Waals surface area contributed by atoms with E-state index in [1.807, 2.05) is 6.92 Å². The van der Waals surface area contributed by atoms with Crippen molar-refractivity contribution in [1.82, 2.24) is 9.80 Å². The van der Waals surface area contributed by atoms with E-state index in [9.17, 15) is 17.6 Å². The number of para-hydroxylation sites is 1. The van der Waals surface area contributed by atoms with Gasteiger partial charge >= 0.3 is 0 Å². The first-order chi connectivity index (χ1) is 14.8. The molecule has 8 heteroatoms. The Labute approximate surface area is 184 Å². The first kappa shape index (κ1) is 23.2. The van der Waals surface area contributed by atoms with Crippen LogP contribution < -0.4 is 4.72 Å². The van der Waals surface area contributed by atoms with Gasteiger partial charge in [-0.2, -0.15) is 0 Å². The molecule has 1 N–H and O–H groups in total. The number of nitrogens with zero attached hydrogens (tertiary/aromatic N) is 2. The van der Waals surface area contributed by atoms with E-state index >= 15 is 0 Å². The summed E-state index contributed by atoms with van der Waals surface area (Å²) in [5.74, 6) is -0.711. The lowest BCUT2D eigenvalue weighted by Crippen LogP contribution is -2.34. The van der Waals surface area contributed by atoms with Crippen LogP contribution in [-0.4, -0.2) is 56.8 Å². The van der Waals surface area contributed by atoms with Gasteiger partial charge in [0.1, 0.15) is 5.82 Å². The summed E-state index contributed by atoms with van der Waals surface area (Å²) in [4.78, 5) is 17.3. The van der Waals surface area contributed by atoms with Crippen LogP contribution in [0.2, 0.25) is 0 Å². The normalized spacial score (nSPS) is 14.5. The minimum atomic E-state index is -3.97. The Bertz CT molecular complexity index is 1020. The molecular weight excluding hydrogens is 417 g/mol. The molecule has 2 aromatic carbocycles. The molecule has 168 valence electrons. The molecule has 0 saturated carbocycles. The minimum Gasteiger partial charge on any atom is -0.339 e. The standard InChI is InChI=1S/C23H30FN3O3S/c1-3-27(16-8-15-26-13-6-7-14-26)23(28)20-9-4-5-10-21(20)25-31(29,30)22-12-11-19(24)17-18(22)2/h4-5,9-12,17,25H,3,6-8,13-16H2,1-2H3. The van der Waals surface area contributed by atoms with Crippen molar-refractivity contribution in [2.24, 2.45) is 0 Å². The van der Waals surface area contributed by atoms with E-state index < -0.39 is 15.8 Å². The molecule has 1 amide bonds. The number of hydrogen-bond acceptors (Lipinski definition) is 4. The molecule has 0 bridgehead atoms. The van der Waals surface area contributed by atoms with Crippen LogP contribution in [0.4, 0.5) is 10.1 Å². The average Bonchev–Trinajstić information content (AvgIpc) is 3.24. The van der Waals surface area contributed by atoms with E-state index in [-0.39, 0.29) is 16.5 Å². The van der Waals surface area contributed by atoms with Gasteiger partial charge in [0.05, 0.1) is 16.1 Å². The second-order valence-corrected chi connectivity index (χ2v) is 9.50. The molecule has 1 saturated heterocycles. The number of likely N-dealkylation sites (tertiary alicyclic amines) is 1. The number of rotatable bonds is 9. The van der Waals surface area contributed by atoms with Crippen molar-refractivity contribution in [1.29, 1.82) is 0 Å². The fraction of sp³-hybridized carbons (Fsp3) is 0.435. The number of anilines is 1. The quantitative estimate of drug-likeness (QED) is 0.633. The second-order valence-electron chi connectivity index (χ2n) is 7.85. The Balaban J connectivity index is 1.75. The van der Waals surface area contributed by atoms with E-state index in [0.29, 0.717) is 24.2 Å². The van der Waals surface area contributed by atoms with Crippen molar-refractivity contribution in [3.63, 3.8) is 0 Å². The Morgan fingerprint density at radius 1 is 1.16 bits per heavy atom. The van der Waals surface area contributed by atoms with Gasteiger partial charge in [-0.25, -0.2) is 12.8 Å². The molecule has 0 aromatic heterocycles. The van der Waals surface area contributed by atoms with Crippen LogP contribution in [0.1, 0.15) is 42.1 Å². The largest absolute Gasteiger partial charge is 0.339 e. The van der Waals surface area contributed by atoms with E-state index in [1.165, 1.54) is 31.9 Å². The molecular formula is C23H30FN3O3S. The number of hydrogen-bond donors (Lipinski definition) is 1. The molecule has 1 heterocycles. The van der Waals surface area contributed by atoms with Crippen molar-refractivity contribution >= 4 is 21.6 Å². The highest BCUT2D eigenvalue weighted by atomic mass is 32.2. The summed E-state index contributed by atoms with van der Waals surface area (Å²) < 4.78 is 41.7. The predicted octanol–water partition coefficient (Wildman–Crippen LogP) is 3.88. The number of sulfonamides is 1. The maximum absolute atomic E-state index is 13.4. The predicted molar refractivity (Wildman–Crippen MR) is 120 cm³/mol. The molecule has 0 atom stereocenters. The van der Waals surface area contributed by atoms with Gasteiger partial charge in [-0.3, -0.25) is 9.52 Å². The number of nitrogens with one attached hydrogen (secondary N) is 1. The number of carbonyl (C=O) groups is 1. The molecule has 3 rings (SSSR count). The Morgan fingerprint density at radius 2 is 1.87 bits per heavy atom. The molecule has 1 fully saturated rings. The zero-order valence-electron chi connectivity index (χ0n) is 18.1. The fourth-order valence-electron chi connectivity index (χ4n) is 3.94. The van der Waals surface area contributed by atoms with Crippen LogP contribution in [0.15, 0.2) is 47.4 Å². The van der Waals surface area contributed by atoms with Gasteiger partial charge in [-0.05, 0) is 88.6 Å². The summed E-state index contributed by atoms with van der Waals surface area (Å²) >= 11 is 0. The highest BCUT2D eigenvalue weighted by Crippen LogP contribution is 2.24. The smallest absolute Gasteiger partial charge is 0.262 e. The summed E-state index contributed by atoms with van der Waals surface area (Å²) in [5, 5.41) is 0. The van der Waals surface area contributed by atoms with Gasteiger partial charge in [0, 0.05) is 13.1 Å². The summed E-state index contributed by atoms with van der Waals surface area (Å²) in [6.45, 7) is 7.81. The number of halogens is 1. The van der Waals surface area contributed by atoms with E-state index in [0.717, 1.165) is 32.1 Å². The number of aryl methyl sites for hydroxylation is 1. The van der Waals surface area contributed by atoms with Gasteiger partial charge in [0.15, 0.2) is 0 Å². The zero-order valence-corrected chi connectivity index (χ0v) is 18.9. The maximum Gasteiger partial charge on any atom is 0.262 e. The monoisotopic (exact) mass is 447 g/mol. The lowest BCUT2D eigenvalue weighted by atomic mass is 10.1. The van der Waals surface area contributed by atoms with Gasteiger partial charge in [0.2, 0.25) is 0 Å². The van der Waals surface area contributed by atoms with Crippen LogP contribution >= 0.6 is 0 Å². The van der Waals surface area contributed by atoms with Gasteiger partial charge in [-0.15, -0.1) is 0 Å². The molecule has 2 aromatic rings. The molecule has 1 aliphatic heterocycles. The van der Waals surface area contributed by atoms with E-state index in [2.05, 4.69) is 9.62 Å². The Morgan fingerprint density at radius 3 is 2.55 bits per heavy atom. The average molecular weight is 448 g/mol. The highest BCUT2D eigenvalue weighted by molar-refractivity contribution is 7.92. The lowest BCUT2D eigenvalue weighted by Gasteiger charge is -2.24. The molecule has 1 aliphatic rings. The van der Waals surface area contributed by atoms with Crippen molar-refractivity contribution in [2.45, 2.75) is 38.0 Å². The Hall–Kier alpha value is -2.45. The summed E-state index contributed by atoms with van der Waals surface area (Å²) in [7, 11) is -3.97. The molecule has 6 nitrogen and oxygen atoms in total. The van der Waals surface area contributed by atoms with Crippen molar-refractivity contribution in [2.75, 3.05) is 37.4 Å². The second kappa shape index (κ2) is 10.2. The molecule has 0 aliphatic carbocycles. The molecule has 0 spiro atoms. The third-order valence-corrected chi connectivity index (χ3v) is 7.12. The summed E-state index contributed by atoms with van der Waals surface area (Å²) in [5.41, 5.74) is 0.816. The lowest BCUT2D eigenvalue weighted by molar-refractivity contribution is 0.0759. The summed E-state index contributed by atoms with van der Waals surface area (Å²) in [6.07, 6.45) is 3.34. The number of amides is 1. The van der Waals surface area contributed by atoms with Crippen LogP contribution in [0.25, 0.3) is 0 Å². The first-order valence-corrected chi connectivity index (χ1v) is 12.2. The van der Waals surface area contributed by atoms with Crippen molar-refractivity contribution in [3.8, 4) is 0 Å². The van der Waals surface area contributed by atoms with Crippen molar-refractivity contribution in [3.05, 3.63) is 59.4 Å².